The van der Waals surface area contributed by atoms with E-state index >= 15 is 0 Å². The molecule has 1 rings (SSSR count). The van der Waals surface area contributed by atoms with Crippen molar-refractivity contribution in [2.75, 3.05) is 20.1 Å². The van der Waals surface area contributed by atoms with Crippen LogP contribution in [0.5, 0.6) is 0 Å². The van der Waals surface area contributed by atoms with Crippen LogP contribution in [-0.4, -0.2) is 30.0 Å². The van der Waals surface area contributed by atoms with E-state index in [0.717, 1.165) is 37.8 Å². The molecular formula is C17H31N3. The van der Waals surface area contributed by atoms with Crippen molar-refractivity contribution in [3.63, 3.8) is 0 Å². The molecule has 0 fully saturated rings. The molecule has 114 valence electrons. The van der Waals surface area contributed by atoms with Crippen molar-refractivity contribution in [1.82, 2.24) is 15.2 Å². The maximum Gasteiger partial charge on any atom is 0.0547 e. The first kappa shape index (κ1) is 17.1. The molecule has 1 aromatic heterocycles. The van der Waals surface area contributed by atoms with Crippen molar-refractivity contribution >= 4 is 0 Å². The Labute approximate surface area is 124 Å². The Morgan fingerprint density at radius 2 is 1.80 bits per heavy atom. The van der Waals surface area contributed by atoms with Gasteiger partial charge in [0.05, 0.1) is 11.4 Å². The van der Waals surface area contributed by atoms with Crippen molar-refractivity contribution in [3.8, 4) is 0 Å². The van der Waals surface area contributed by atoms with E-state index in [4.69, 9.17) is 4.98 Å². The first-order valence-corrected chi connectivity index (χ1v) is 7.81. The molecule has 3 heteroatoms. The molecule has 0 saturated heterocycles. The highest BCUT2D eigenvalue weighted by molar-refractivity contribution is 5.11. The molecule has 0 aliphatic heterocycles. The number of hydrogen-bond acceptors (Lipinski definition) is 3. The summed E-state index contributed by atoms with van der Waals surface area (Å²) in [6, 6.07) is 6.34. The predicted octanol–water partition coefficient (Wildman–Crippen LogP) is 3.31. The van der Waals surface area contributed by atoms with Crippen molar-refractivity contribution in [2.45, 2.75) is 47.2 Å². The van der Waals surface area contributed by atoms with Gasteiger partial charge in [-0.1, -0.05) is 33.8 Å². The molecule has 0 aliphatic rings. The Bertz CT molecular complexity index is 374. The van der Waals surface area contributed by atoms with Crippen molar-refractivity contribution in [3.05, 3.63) is 29.6 Å². The van der Waals surface area contributed by atoms with Gasteiger partial charge in [0.25, 0.3) is 0 Å². The normalized spacial score (nSPS) is 11.8. The van der Waals surface area contributed by atoms with Crippen LogP contribution < -0.4 is 5.32 Å². The predicted molar refractivity (Wildman–Crippen MR) is 86.6 cm³/mol. The second-order valence-corrected chi connectivity index (χ2v) is 6.57. The Morgan fingerprint density at radius 1 is 1.10 bits per heavy atom. The minimum absolute atomic E-state index is 0.681. The first-order valence-electron chi connectivity index (χ1n) is 7.81. The summed E-state index contributed by atoms with van der Waals surface area (Å²) in [6.07, 6.45) is 1.24. The van der Waals surface area contributed by atoms with Gasteiger partial charge in [0, 0.05) is 13.1 Å². The summed E-state index contributed by atoms with van der Waals surface area (Å²) in [5.41, 5.74) is 2.31. The van der Waals surface area contributed by atoms with Gasteiger partial charge < -0.3 is 10.2 Å². The van der Waals surface area contributed by atoms with E-state index in [1.54, 1.807) is 0 Å². The Morgan fingerprint density at radius 3 is 2.45 bits per heavy atom. The Hall–Kier alpha value is -0.930. The van der Waals surface area contributed by atoms with E-state index in [2.05, 4.69) is 63.2 Å². The van der Waals surface area contributed by atoms with E-state index in [1.807, 2.05) is 0 Å². The molecule has 0 amide bonds. The van der Waals surface area contributed by atoms with Gasteiger partial charge in [-0.2, -0.15) is 0 Å². The van der Waals surface area contributed by atoms with Gasteiger partial charge in [0.2, 0.25) is 0 Å². The first-order chi connectivity index (χ1) is 9.47. The van der Waals surface area contributed by atoms with Crippen LogP contribution in [0.3, 0.4) is 0 Å². The lowest BCUT2D eigenvalue weighted by molar-refractivity contribution is 0.300. The molecule has 0 atom stereocenters. The van der Waals surface area contributed by atoms with Crippen LogP contribution in [0.15, 0.2) is 18.2 Å². The van der Waals surface area contributed by atoms with Crippen molar-refractivity contribution < 1.29 is 0 Å². The monoisotopic (exact) mass is 277 g/mol. The lowest BCUT2D eigenvalue weighted by Gasteiger charge is -2.17. The number of pyridine rings is 1. The minimum atomic E-state index is 0.681. The zero-order valence-corrected chi connectivity index (χ0v) is 13.8. The van der Waals surface area contributed by atoms with Gasteiger partial charge >= 0.3 is 0 Å². The van der Waals surface area contributed by atoms with Gasteiger partial charge in [-0.15, -0.1) is 0 Å². The third-order valence-corrected chi connectivity index (χ3v) is 3.24. The fourth-order valence-electron chi connectivity index (χ4n) is 2.04. The van der Waals surface area contributed by atoms with Gasteiger partial charge in [-0.3, -0.25) is 4.98 Å². The number of rotatable bonds is 9. The van der Waals surface area contributed by atoms with Crippen molar-refractivity contribution in [2.24, 2.45) is 11.8 Å². The quantitative estimate of drug-likeness (QED) is 0.750. The number of hydrogen-bond donors (Lipinski definition) is 1. The third-order valence-electron chi connectivity index (χ3n) is 3.24. The fraction of sp³-hybridized carbons (Fsp3) is 0.706. The lowest BCUT2D eigenvalue weighted by Crippen LogP contribution is -2.22. The summed E-state index contributed by atoms with van der Waals surface area (Å²) >= 11 is 0. The van der Waals surface area contributed by atoms with Gasteiger partial charge in [-0.25, -0.2) is 0 Å². The SMILES string of the molecule is CC(C)CCN(C)Cc1cccc(CNCC(C)C)n1. The summed E-state index contributed by atoms with van der Waals surface area (Å²) in [7, 11) is 2.17. The largest absolute Gasteiger partial charge is 0.311 e. The highest BCUT2D eigenvalue weighted by atomic mass is 15.1. The lowest BCUT2D eigenvalue weighted by atomic mass is 10.1. The molecule has 1 heterocycles. The average molecular weight is 277 g/mol. The molecule has 0 radical (unpaired) electrons. The van der Waals surface area contributed by atoms with E-state index in [1.165, 1.54) is 12.1 Å². The smallest absolute Gasteiger partial charge is 0.0547 e. The zero-order valence-electron chi connectivity index (χ0n) is 13.8. The summed E-state index contributed by atoms with van der Waals surface area (Å²) in [6.45, 7) is 13.0. The van der Waals surface area contributed by atoms with E-state index in [0.29, 0.717) is 5.92 Å². The topological polar surface area (TPSA) is 28.2 Å². The number of nitrogens with zero attached hydrogens (tertiary/aromatic N) is 2. The molecule has 0 spiro atoms. The number of nitrogens with one attached hydrogen (secondary N) is 1. The third kappa shape index (κ3) is 7.61. The minimum Gasteiger partial charge on any atom is -0.311 e. The molecule has 0 unspecified atom stereocenters. The Kier molecular flexibility index (Phi) is 7.78. The standard InChI is InChI=1S/C17H31N3/c1-14(2)9-10-20(5)13-17-8-6-7-16(19-17)12-18-11-15(3)4/h6-8,14-15,18H,9-13H2,1-5H3. The molecule has 1 aromatic rings. The van der Waals surface area contributed by atoms with Gasteiger partial charge in [-0.05, 0) is 50.5 Å². The second kappa shape index (κ2) is 9.09. The van der Waals surface area contributed by atoms with Gasteiger partial charge in [0.1, 0.15) is 0 Å². The molecule has 1 N–H and O–H groups in total. The summed E-state index contributed by atoms with van der Waals surface area (Å²) in [4.78, 5) is 7.09. The van der Waals surface area contributed by atoms with Crippen LogP contribution in [0.25, 0.3) is 0 Å². The van der Waals surface area contributed by atoms with Crippen LogP contribution in [0, 0.1) is 11.8 Å². The van der Waals surface area contributed by atoms with E-state index in [-0.39, 0.29) is 0 Å². The van der Waals surface area contributed by atoms with Crippen LogP contribution in [0.1, 0.15) is 45.5 Å². The van der Waals surface area contributed by atoms with Crippen LogP contribution in [-0.2, 0) is 13.1 Å². The maximum atomic E-state index is 4.73. The molecular weight excluding hydrogens is 246 g/mol. The molecule has 0 aliphatic carbocycles. The highest BCUT2D eigenvalue weighted by Crippen LogP contribution is 2.06. The van der Waals surface area contributed by atoms with Crippen LogP contribution >= 0.6 is 0 Å². The molecule has 0 bridgehead atoms. The van der Waals surface area contributed by atoms with Crippen LogP contribution in [0.4, 0.5) is 0 Å². The summed E-state index contributed by atoms with van der Waals surface area (Å²) in [5.74, 6) is 1.44. The second-order valence-electron chi connectivity index (χ2n) is 6.57. The van der Waals surface area contributed by atoms with Crippen molar-refractivity contribution in [1.29, 1.82) is 0 Å². The van der Waals surface area contributed by atoms with E-state index < -0.39 is 0 Å². The zero-order chi connectivity index (χ0) is 15.0. The van der Waals surface area contributed by atoms with Crippen LogP contribution in [0.2, 0.25) is 0 Å². The molecule has 3 nitrogen and oxygen atoms in total. The summed E-state index contributed by atoms with van der Waals surface area (Å²) in [5, 5.41) is 3.45. The average Bonchev–Trinajstić information content (AvgIpc) is 2.36. The fourth-order valence-corrected chi connectivity index (χ4v) is 2.04. The molecule has 0 saturated carbocycles. The van der Waals surface area contributed by atoms with Gasteiger partial charge in [0.15, 0.2) is 0 Å². The number of aromatic nitrogens is 1. The maximum absolute atomic E-state index is 4.73. The molecule has 20 heavy (non-hydrogen) atoms. The summed E-state index contributed by atoms with van der Waals surface area (Å²) < 4.78 is 0. The highest BCUT2D eigenvalue weighted by Gasteiger charge is 2.04. The molecule has 0 aromatic carbocycles. The Balaban J connectivity index is 2.42. The van der Waals surface area contributed by atoms with E-state index in [9.17, 15) is 0 Å².